The number of alkyl halides is 3. The summed E-state index contributed by atoms with van der Waals surface area (Å²) < 4.78 is 61.0. The lowest BCUT2D eigenvalue weighted by Crippen LogP contribution is -2.06. The van der Waals surface area contributed by atoms with Gasteiger partial charge >= 0.3 is 6.18 Å². The molecular formula is C27H19F3N4O2S. The molecule has 0 aliphatic heterocycles. The Morgan fingerprint density at radius 3 is 2.49 bits per heavy atom. The lowest BCUT2D eigenvalue weighted by molar-refractivity contribution is -0.137. The van der Waals surface area contributed by atoms with Crippen molar-refractivity contribution in [3.05, 3.63) is 97.1 Å². The van der Waals surface area contributed by atoms with Crippen LogP contribution >= 0.6 is 0 Å². The smallest absolute Gasteiger partial charge is 0.416 e. The van der Waals surface area contributed by atoms with Gasteiger partial charge in [-0.15, -0.1) is 0 Å². The van der Waals surface area contributed by atoms with Gasteiger partial charge in [0.1, 0.15) is 17.9 Å². The number of benzene rings is 3. The first-order valence-corrected chi connectivity index (χ1v) is 12.2. The van der Waals surface area contributed by atoms with Crippen LogP contribution in [0.1, 0.15) is 5.56 Å². The van der Waals surface area contributed by atoms with Crippen LogP contribution in [-0.2, 0) is 17.2 Å². The molecule has 1 unspecified atom stereocenters. The summed E-state index contributed by atoms with van der Waals surface area (Å²) in [6.45, 7) is 0. The molecule has 0 aliphatic rings. The molecule has 0 radical (unpaired) electrons. The molecule has 5 rings (SSSR count). The summed E-state index contributed by atoms with van der Waals surface area (Å²) in [5.41, 5.74) is 1.50. The number of pyridine rings is 1. The molecule has 5 aromatic rings. The van der Waals surface area contributed by atoms with Crippen molar-refractivity contribution in [2.75, 3.05) is 11.8 Å². The first-order chi connectivity index (χ1) is 17.8. The molecule has 10 heteroatoms. The first-order valence-electron chi connectivity index (χ1n) is 11.0. The number of hydrogen-bond donors (Lipinski definition) is 1. The summed E-state index contributed by atoms with van der Waals surface area (Å²) >= 11 is 0. The molecular weight excluding hydrogens is 501 g/mol. The number of rotatable bonds is 6. The highest BCUT2D eigenvalue weighted by molar-refractivity contribution is 7.86. The van der Waals surface area contributed by atoms with Gasteiger partial charge in [0, 0.05) is 23.3 Å². The van der Waals surface area contributed by atoms with Crippen LogP contribution in [0, 0.1) is 0 Å². The van der Waals surface area contributed by atoms with E-state index in [4.69, 9.17) is 4.74 Å². The number of nitrogens with one attached hydrogen (secondary N) is 1. The van der Waals surface area contributed by atoms with Crippen molar-refractivity contribution in [1.82, 2.24) is 15.0 Å². The van der Waals surface area contributed by atoms with Crippen LogP contribution in [-0.4, -0.2) is 26.3 Å². The largest absolute Gasteiger partial charge is 0.496 e. The Kier molecular flexibility index (Phi) is 6.58. The second-order valence-electron chi connectivity index (χ2n) is 8.00. The Morgan fingerprint density at radius 1 is 0.892 bits per heavy atom. The lowest BCUT2D eigenvalue weighted by atomic mass is 9.97. The Labute approximate surface area is 212 Å². The van der Waals surface area contributed by atoms with Gasteiger partial charge in [-0.25, -0.2) is 14.2 Å². The number of nitrogens with zero attached hydrogens (tertiary/aromatic N) is 3. The zero-order valence-electron chi connectivity index (χ0n) is 19.4. The van der Waals surface area contributed by atoms with Gasteiger partial charge in [-0.3, -0.25) is 9.71 Å². The van der Waals surface area contributed by atoms with Crippen molar-refractivity contribution in [2.45, 2.75) is 11.1 Å². The monoisotopic (exact) mass is 520 g/mol. The molecule has 0 fully saturated rings. The van der Waals surface area contributed by atoms with Gasteiger partial charge in [0.25, 0.3) is 0 Å². The molecule has 186 valence electrons. The maximum Gasteiger partial charge on any atom is 0.416 e. The van der Waals surface area contributed by atoms with Crippen molar-refractivity contribution < 1.29 is 22.1 Å². The van der Waals surface area contributed by atoms with Crippen LogP contribution in [0.2, 0.25) is 0 Å². The highest BCUT2D eigenvalue weighted by Gasteiger charge is 2.30. The van der Waals surface area contributed by atoms with E-state index in [2.05, 4.69) is 19.7 Å². The average molecular weight is 521 g/mol. The molecule has 2 heterocycles. The second-order valence-corrected chi connectivity index (χ2v) is 9.21. The molecule has 0 aliphatic carbocycles. The van der Waals surface area contributed by atoms with Crippen molar-refractivity contribution >= 4 is 27.6 Å². The normalized spacial score (nSPS) is 12.3. The molecule has 1 atom stereocenters. The van der Waals surface area contributed by atoms with Gasteiger partial charge in [-0.2, -0.15) is 13.2 Å². The minimum absolute atomic E-state index is 0.424. The highest BCUT2D eigenvalue weighted by atomic mass is 32.2. The summed E-state index contributed by atoms with van der Waals surface area (Å²) in [4.78, 5) is 13.0. The fourth-order valence-electron chi connectivity index (χ4n) is 3.94. The quantitative estimate of drug-likeness (QED) is 0.276. The van der Waals surface area contributed by atoms with E-state index in [-0.39, 0.29) is 0 Å². The van der Waals surface area contributed by atoms with Crippen LogP contribution in [0.5, 0.6) is 5.75 Å². The van der Waals surface area contributed by atoms with Gasteiger partial charge in [0.2, 0.25) is 0 Å². The third kappa shape index (κ3) is 5.14. The van der Waals surface area contributed by atoms with Crippen molar-refractivity contribution in [2.24, 2.45) is 0 Å². The van der Waals surface area contributed by atoms with Crippen LogP contribution in [0.15, 0.2) is 96.4 Å². The Balaban J connectivity index is 1.56. The number of fused-ring (bicyclic) bond motifs is 1. The Bertz CT molecular complexity index is 1610. The van der Waals surface area contributed by atoms with Crippen molar-refractivity contribution in [3.63, 3.8) is 0 Å². The zero-order valence-corrected chi connectivity index (χ0v) is 20.2. The van der Waals surface area contributed by atoms with Crippen LogP contribution in [0.25, 0.3) is 33.2 Å². The molecule has 0 amide bonds. The number of halogens is 3. The summed E-state index contributed by atoms with van der Waals surface area (Å²) in [5, 5.41) is 1.55. The van der Waals surface area contributed by atoms with E-state index < -0.39 is 22.7 Å². The fraction of sp³-hybridized carbons (Fsp3) is 0.0741. The van der Waals surface area contributed by atoms with E-state index in [1.165, 1.54) is 19.5 Å². The highest BCUT2D eigenvalue weighted by Crippen LogP contribution is 2.38. The second kappa shape index (κ2) is 9.98. The van der Waals surface area contributed by atoms with Gasteiger partial charge in [0.05, 0.1) is 23.3 Å². The number of ether oxygens (including phenoxy) is 1. The standard InChI is InChI=1S/C27H19F3N4O2S/c1-36-24-8-5-18(17-3-2-4-20(13-17)27(28,29)30)15-23(24)26-22-7-6-21(14-19(22)9-12-32-26)37(35)34-25-10-11-31-16-33-25/h2-16H,1H3,(H,31,33,34). The van der Waals surface area contributed by atoms with Crippen LogP contribution in [0.3, 0.4) is 0 Å². The van der Waals surface area contributed by atoms with E-state index in [0.717, 1.165) is 22.9 Å². The van der Waals surface area contributed by atoms with Crippen LogP contribution in [0.4, 0.5) is 19.0 Å². The number of hydrogen-bond acceptors (Lipinski definition) is 5. The molecule has 6 nitrogen and oxygen atoms in total. The van der Waals surface area contributed by atoms with E-state index >= 15 is 0 Å². The molecule has 2 aromatic heterocycles. The minimum atomic E-state index is -4.44. The Morgan fingerprint density at radius 2 is 1.73 bits per heavy atom. The van der Waals surface area contributed by atoms with Gasteiger partial charge in [0.15, 0.2) is 11.0 Å². The predicted octanol–water partition coefficient (Wildman–Crippen LogP) is 6.52. The summed E-state index contributed by atoms with van der Waals surface area (Å²) in [6.07, 6.45) is 0.0890. The molecule has 37 heavy (non-hydrogen) atoms. The fourth-order valence-corrected chi connectivity index (χ4v) is 4.79. The SMILES string of the molecule is COc1ccc(-c2cccc(C(F)(F)F)c2)cc1-c1nccc2cc(S(=O)Nc3ccncn3)ccc12. The minimum Gasteiger partial charge on any atom is -0.496 e. The first kappa shape index (κ1) is 24.4. The van der Waals surface area contributed by atoms with E-state index in [0.29, 0.717) is 38.8 Å². The zero-order chi connectivity index (χ0) is 26.0. The number of anilines is 1. The van der Waals surface area contributed by atoms with Gasteiger partial charge < -0.3 is 4.74 Å². The van der Waals surface area contributed by atoms with Gasteiger partial charge in [-0.05, 0) is 65.0 Å². The third-order valence-electron chi connectivity index (χ3n) is 5.71. The van der Waals surface area contributed by atoms with Crippen molar-refractivity contribution in [1.29, 1.82) is 0 Å². The molecule has 0 saturated carbocycles. The third-order valence-corrected chi connectivity index (χ3v) is 6.78. The van der Waals surface area contributed by atoms with Crippen molar-refractivity contribution in [3.8, 4) is 28.1 Å². The molecule has 0 saturated heterocycles. The maximum atomic E-state index is 13.3. The molecule has 3 aromatic carbocycles. The summed E-state index contributed by atoms with van der Waals surface area (Å²) in [5.74, 6) is 0.953. The lowest BCUT2D eigenvalue weighted by Gasteiger charge is -2.14. The molecule has 0 spiro atoms. The predicted molar refractivity (Wildman–Crippen MR) is 136 cm³/mol. The van der Waals surface area contributed by atoms with Crippen LogP contribution < -0.4 is 9.46 Å². The summed E-state index contributed by atoms with van der Waals surface area (Å²) in [7, 11) is -0.0413. The molecule has 0 bridgehead atoms. The number of aromatic nitrogens is 3. The topological polar surface area (TPSA) is 77.0 Å². The van der Waals surface area contributed by atoms with E-state index in [1.807, 2.05) is 6.07 Å². The van der Waals surface area contributed by atoms with E-state index in [1.54, 1.807) is 60.9 Å². The Hall–Kier alpha value is -4.31. The van der Waals surface area contributed by atoms with E-state index in [9.17, 15) is 17.4 Å². The van der Waals surface area contributed by atoms with Gasteiger partial charge in [-0.1, -0.05) is 24.3 Å². The average Bonchev–Trinajstić information content (AvgIpc) is 2.92. The number of methoxy groups -OCH3 is 1. The summed E-state index contributed by atoms with van der Waals surface area (Å²) in [6, 6.07) is 19.1. The maximum absolute atomic E-state index is 13.3. The molecule has 1 N–H and O–H groups in total.